The molecule has 8 nitrogen and oxygen atoms in total. The second-order valence-electron chi connectivity index (χ2n) is 7.36. The van der Waals surface area contributed by atoms with Gasteiger partial charge in [0.2, 0.25) is 5.91 Å². The number of carbonyl (C=O) groups is 4. The molecule has 156 valence electrons. The van der Waals surface area contributed by atoms with Gasteiger partial charge in [0.1, 0.15) is 12.1 Å². The fourth-order valence-corrected chi connectivity index (χ4v) is 4.09. The lowest BCUT2D eigenvalue weighted by atomic mass is 9.92. The van der Waals surface area contributed by atoms with Crippen LogP contribution in [0.15, 0.2) is 28.7 Å². The van der Waals surface area contributed by atoms with E-state index < -0.39 is 17.5 Å². The molecule has 0 aliphatic carbocycles. The predicted molar refractivity (Wildman–Crippen MR) is 108 cm³/mol. The quantitative estimate of drug-likeness (QED) is 0.529. The average molecular weight is 466 g/mol. The van der Waals surface area contributed by atoms with Crippen LogP contribution in [0.25, 0.3) is 0 Å². The summed E-state index contributed by atoms with van der Waals surface area (Å²) in [4.78, 5) is 52.5. The zero-order valence-corrected chi connectivity index (χ0v) is 18.0. The van der Waals surface area contributed by atoms with Gasteiger partial charge >= 0.3 is 12.0 Å². The van der Waals surface area contributed by atoms with E-state index in [-0.39, 0.29) is 24.3 Å². The van der Waals surface area contributed by atoms with Crippen LogP contribution in [0.4, 0.5) is 4.79 Å². The number of esters is 1. The van der Waals surface area contributed by atoms with Crippen molar-refractivity contribution in [2.45, 2.75) is 32.2 Å². The van der Waals surface area contributed by atoms with E-state index in [2.05, 4.69) is 21.2 Å². The summed E-state index contributed by atoms with van der Waals surface area (Å²) in [6, 6.07) is 6.55. The second-order valence-corrected chi connectivity index (χ2v) is 8.28. The van der Waals surface area contributed by atoms with Crippen LogP contribution in [-0.4, -0.2) is 59.9 Å². The number of hydrogen-bond acceptors (Lipinski definition) is 5. The van der Waals surface area contributed by atoms with Crippen LogP contribution in [0.3, 0.4) is 0 Å². The summed E-state index contributed by atoms with van der Waals surface area (Å²) < 4.78 is 5.82. The Hall–Kier alpha value is -2.42. The van der Waals surface area contributed by atoms with Gasteiger partial charge in [0.05, 0.1) is 12.5 Å². The molecule has 1 N–H and O–H groups in total. The normalized spacial score (nSPS) is 22.6. The molecular formula is C20H24BrN3O5. The second kappa shape index (κ2) is 8.52. The van der Waals surface area contributed by atoms with Crippen molar-refractivity contribution in [2.75, 3.05) is 26.2 Å². The summed E-state index contributed by atoms with van der Waals surface area (Å²) in [5, 5.41) is 2.70. The molecule has 29 heavy (non-hydrogen) atoms. The molecule has 9 heteroatoms. The van der Waals surface area contributed by atoms with E-state index in [1.807, 2.05) is 6.07 Å². The summed E-state index contributed by atoms with van der Waals surface area (Å²) in [6.45, 7) is 4.20. The maximum atomic E-state index is 13.0. The number of nitrogens with one attached hydrogen (secondary N) is 1. The van der Waals surface area contributed by atoms with Crippen LogP contribution in [0.5, 0.6) is 0 Å². The third-order valence-electron chi connectivity index (χ3n) is 5.44. The Kier molecular flexibility index (Phi) is 6.26. The SMILES string of the molecule is CCOC(=O)C1CCN(C(=O)CN2C(=O)N[C@](C)(c3cccc(Br)c3)C2=O)CC1. The highest BCUT2D eigenvalue weighted by Crippen LogP contribution is 2.30. The first-order valence-electron chi connectivity index (χ1n) is 9.60. The molecule has 0 bridgehead atoms. The van der Waals surface area contributed by atoms with Crippen LogP contribution in [0.2, 0.25) is 0 Å². The Labute approximate surface area is 177 Å². The number of halogens is 1. The van der Waals surface area contributed by atoms with Crippen LogP contribution in [-0.2, 0) is 24.7 Å². The maximum absolute atomic E-state index is 13.0. The fourth-order valence-electron chi connectivity index (χ4n) is 3.70. The number of imide groups is 1. The van der Waals surface area contributed by atoms with Gasteiger partial charge in [0.25, 0.3) is 5.91 Å². The number of nitrogens with zero attached hydrogens (tertiary/aromatic N) is 2. The number of ether oxygens (including phenoxy) is 1. The number of carbonyl (C=O) groups excluding carboxylic acids is 4. The van der Waals surface area contributed by atoms with Crippen LogP contribution < -0.4 is 5.32 Å². The highest BCUT2D eigenvalue weighted by atomic mass is 79.9. The first-order chi connectivity index (χ1) is 13.8. The van der Waals surface area contributed by atoms with E-state index in [9.17, 15) is 19.2 Å². The summed E-state index contributed by atoms with van der Waals surface area (Å²) in [5.74, 6) is -1.22. The van der Waals surface area contributed by atoms with Crippen molar-refractivity contribution >= 4 is 39.7 Å². The van der Waals surface area contributed by atoms with Gasteiger partial charge in [0, 0.05) is 17.6 Å². The first kappa shape index (κ1) is 21.3. The molecule has 1 aromatic rings. The summed E-state index contributed by atoms with van der Waals surface area (Å²) in [5.41, 5.74) is -0.590. The number of piperidine rings is 1. The molecule has 4 amide bonds. The van der Waals surface area contributed by atoms with E-state index in [4.69, 9.17) is 4.74 Å². The molecule has 2 saturated heterocycles. The highest BCUT2D eigenvalue weighted by Gasteiger charge is 2.49. The van der Waals surface area contributed by atoms with Crippen molar-refractivity contribution in [1.82, 2.24) is 15.1 Å². The van der Waals surface area contributed by atoms with Crippen molar-refractivity contribution in [2.24, 2.45) is 5.92 Å². The van der Waals surface area contributed by atoms with E-state index in [0.29, 0.717) is 38.1 Å². The topological polar surface area (TPSA) is 96.0 Å². The summed E-state index contributed by atoms with van der Waals surface area (Å²) in [6.07, 6.45) is 1.03. The van der Waals surface area contributed by atoms with Crippen LogP contribution in [0.1, 0.15) is 32.3 Å². The third kappa shape index (κ3) is 4.29. The minimum Gasteiger partial charge on any atom is -0.466 e. The Morgan fingerprint density at radius 3 is 2.59 bits per heavy atom. The molecule has 0 unspecified atom stereocenters. The number of amides is 4. The van der Waals surface area contributed by atoms with Gasteiger partial charge in [0.15, 0.2) is 0 Å². The number of rotatable bonds is 5. The van der Waals surface area contributed by atoms with Gasteiger partial charge in [-0.05, 0) is 44.4 Å². The van der Waals surface area contributed by atoms with Gasteiger partial charge in [-0.3, -0.25) is 19.3 Å². The standard InChI is InChI=1S/C20H24BrN3O5/c1-3-29-17(26)13-7-9-23(10-8-13)16(25)12-24-18(27)20(2,22-19(24)28)14-5-4-6-15(21)11-14/h4-6,11,13H,3,7-10,12H2,1-2H3,(H,22,28)/t20-/m1/s1. The van der Waals surface area contributed by atoms with Crippen molar-refractivity contribution in [1.29, 1.82) is 0 Å². The molecule has 2 heterocycles. The van der Waals surface area contributed by atoms with Gasteiger partial charge in [-0.1, -0.05) is 28.1 Å². The molecule has 0 aromatic heterocycles. The minimum absolute atomic E-state index is 0.212. The van der Waals surface area contributed by atoms with E-state index >= 15 is 0 Å². The Morgan fingerprint density at radius 1 is 1.28 bits per heavy atom. The lowest BCUT2D eigenvalue weighted by Crippen LogP contribution is -2.47. The largest absolute Gasteiger partial charge is 0.466 e. The molecule has 0 spiro atoms. The number of benzene rings is 1. The molecule has 2 fully saturated rings. The van der Waals surface area contributed by atoms with Gasteiger partial charge in [-0.25, -0.2) is 4.79 Å². The van der Waals surface area contributed by atoms with Gasteiger partial charge in [-0.15, -0.1) is 0 Å². The number of urea groups is 1. The van der Waals surface area contributed by atoms with Crippen LogP contribution in [0, 0.1) is 5.92 Å². The lowest BCUT2D eigenvalue weighted by molar-refractivity contribution is -0.151. The molecular weight excluding hydrogens is 442 g/mol. The maximum Gasteiger partial charge on any atom is 0.325 e. The Morgan fingerprint density at radius 2 is 1.97 bits per heavy atom. The van der Waals surface area contributed by atoms with E-state index in [0.717, 1.165) is 9.37 Å². The zero-order valence-electron chi connectivity index (χ0n) is 16.4. The van der Waals surface area contributed by atoms with Crippen LogP contribution >= 0.6 is 15.9 Å². The fraction of sp³-hybridized carbons (Fsp3) is 0.500. The van der Waals surface area contributed by atoms with E-state index in [1.165, 1.54) is 0 Å². The van der Waals surface area contributed by atoms with Crippen molar-refractivity contribution in [3.63, 3.8) is 0 Å². The molecule has 0 radical (unpaired) electrons. The average Bonchev–Trinajstić information content (AvgIpc) is 2.92. The van der Waals surface area contributed by atoms with Gasteiger partial charge in [-0.2, -0.15) is 0 Å². The zero-order chi connectivity index (χ0) is 21.2. The summed E-state index contributed by atoms with van der Waals surface area (Å²) in [7, 11) is 0. The Balaban J connectivity index is 1.63. The van der Waals surface area contributed by atoms with Crippen molar-refractivity contribution in [3.05, 3.63) is 34.3 Å². The number of likely N-dealkylation sites (tertiary alicyclic amines) is 1. The highest BCUT2D eigenvalue weighted by molar-refractivity contribution is 9.10. The first-order valence-corrected chi connectivity index (χ1v) is 10.4. The van der Waals surface area contributed by atoms with E-state index in [1.54, 1.807) is 36.9 Å². The smallest absolute Gasteiger partial charge is 0.325 e. The van der Waals surface area contributed by atoms with Crippen molar-refractivity contribution < 1.29 is 23.9 Å². The predicted octanol–water partition coefficient (Wildman–Crippen LogP) is 2.02. The molecule has 0 saturated carbocycles. The van der Waals surface area contributed by atoms with Gasteiger partial charge < -0.3 is 15.0 Å². The third-order valence-corrected chi connectivity index (χ3v) is 5.93. The monoisotopic (exact) mass is 465 g/mol. The Bertz CT molecular complexity index is 837. The minimum atomic E-state index is -1.22. The molecule has 3 rings (SSSR count). The van der Waals surface area contributed by atoms with Crippen molar-refractivity contribution in [3.8, 4) is 0 Å². The molecule has 1 atom stereocenters. The molecule has 1 aromatic carbocycles. The molecule has 2 aliphatic heterocycles. The number of hydrogen-bond donors (Lipinski definition) is 1. The summed E-state index contributed by atoms with van der Waals surface area (Å²) >= 11 is 3.37. The molecule has 2 aliphatic rings. The lowest BCUT2D eigenvalue weighted by Gasteiger charge is -2.31.